The number of methoxy groups -OCH3 is 1. The zero-order chi connectivity index (χ0) is 23.6. The number of nitrogens with one attached hydrogen (secondary N) is 1. The van der Waals surface area contributed by atoms with Gasteiger partial charge in [0.25, 0.3) is 0 Å². The standard InChI is InChI=1S/C24H25N3O5S/c1-4-32-21-14-17(10-11-20(21)31-2)19(15-33(3,29)30)27-23-22(26-24(27)28)18(12-13-25-23)16-8-6-5-7-9-16/h5-14,19H,4,15H2,1-3H3,(H,26,28)/t19-/m0/s1. The molecule has 2 aromatic heterocycles. The normalized spacial score (nSPS) is 12.6. The number of pyridine rings is 1. The Kier molecular flexibility index (Phi) is 6.24. The van der Waals surface area contributed by atoms with Crippen molar-refractivity contribution in [2.75, 3.05) is 25.7 Å². The summed E-state index contributed by atoms with van der Waals surface area (Å²) in [6.07, 6.45) is 2.77. The highest BCUT2D eigenvalue weighted by molar-refractivity contribution is 7.90. The first-order valence-electron chi connectivity index (χ1n) is 10.5. The van der Waals surface area contributed by atoms with Gasteiger partial charge in [0, 0.05) is 18.0 Å². The molecule has 0 amide bonds. The van der Waals surface area contributed by atoms with E-state index in [-0.39, 0.29) is 5.75 Å². The van der Waals surface area contributed by atoms with E-state index in [0.717, 1.165) is 17.4 Å². The molecule has 172 valence electrons. The Morgan fingerprint density at radius 3 is 2.52 bits per heavy atom. The van der Waals surface area contributed by atoms with E-state index in [9.17, 15) is 13.2 Å². The van der Waals surface area contributed by atoms with Crippen LogP contribution in [0.4, 0.5) is 0 Å². The van der Waals surface area contributed by atoms with E-state index in [0.29, 0.717) is 34.8 Å². The molecule has 0 aliphatic heterocycles. The summed E-state index contributed by atoms with van der Waals surface area (Å²) in [6.45, 7) is 2.25. The number of fused-ring (bicyclic) bond motifs is 1. The fourth-order valence-electron chi connectivity index (χ4n) is 3.94. The number of sulfone groups is 1. The second-order valence-electron chi connectivity index (χ2n) is 7.67. The van der Waals surface area contributed by atoms with Crippen molar-refractivity contribution < 1.29 is 17.9 Å². The van der Waals surface area contributed by atoms with Gasteiger partial charge in [-0.15, -0.1) is 0 Å². The molecular formula is C24H25N3O5S. The Balaban J connectivity index is 1.94. The van der Waals surface area contributed by atoms with Crippen LogP contribution in [0.2, 0.25) is 0 Å². The van der Waals surface area contributed by atoms with Crippen LogP contribution in [0, 0.1) is 0 Å². The maximum absolute atomic E-state index is 13.2. The minimum absolute atomic E-state index is 0.283. The zero-order valence-electron chi connectivity index (χ0n) is 18.6. The summed E-state index contributed by atoms with van der Waals surface area (Å²) in [4.78, 5) is 20.5. The number of benzene rings is 2. The molecule has 33 heavy (non-hydrogen) atoms. The largest absolute Gasteiger partial charge is 0.493 e. The molecule has 0 fully saturated rings. The minimum Gasteiger partial charge on any atom is -0.493 e. The van der Waals surface area contributed by atoms with Crippen LogP contribution in [-0.4, -0.2) is 48.7 Å². The third-order valence-corrected chi connectivity index (χ3v) is 6.26. The van der Waals surface area contributed by atoms with Gasteiger partial charge < -0.3 is 14.5 Å². The highest BCUT2D eigenvalue weighted by atomic mass is 32.2. The van der Waals surface area contributed by atoms with Crippen LogP contribution in [0.15, 0.2) is 65.6 Å². The predicted octanol–water partition coefficient (Wildman–Crippen LogP) is 3.43. The molecule has 0 bridgehead atoms. The molecule has 1 N–H and O–H groups in total. The molecule has 1 atom stereocenters. The van der Waals surface area contributed by atoms with E-state index in [2.05, 4.69) is 9.97 Å². The number of aromatic nitrogens is 3. The third kappa shape index (κ3) is 4.63. The molecule has 0 aliphatic carbocycles. The lowest BCUT2D eigenvalue weighted by molar-refractivity contribution is 0.310. The second-order valence-corrected chi connectivity index (χ2v) is 9.86. The summed E-state index contributed by atoms with van der Waals surface area (Å²) in [5, 5.41) is 0. The summed E-state index contributed by atoms with van der Waals surface area (Å²) < 4.78 is 37.2. The number of hydrogen-bond acceptors (Lipinski definition) is 6. The molecule has 0 radical (unpaired) electrons. The van der Waals surface area contributed by atoms with Crippen LogP contribution in [0.5, 0.6) is 11.5 Å². The first-order valence-corrected chi connectivity index (χ1v) is 12.5. The van der Waals surface area contributed by atoms with Gasteiger partial charge in [-0.2, -0.15) is 0 Å². The fraction of sp³-hybridized carbons (Fsp3) is 0.250. The van der Waals surface area contributed by atoms with Crippen molar-refractivity contribution in [3.63, 3.8) is 0 Å². The first-order chi connectivity index (χ1) is 15.8. The van der Waals surface area contributed by atoms with Crippen LogP contribution in [0.25, 0.3) is 22.3 Å². The Hall–Kier alpha value is -3.59. The van der Waals surface area contributed by atoms with E-state index in [4.69, 9.17) is 9.47 Å². The van der Waals surface area contributed by atoms with E-state index >= 15 is 0 Å². The van der Waals surface area contributed by atoms with E-state index in [1.54, 1.807) is 24.4 Å². The molecule has 8 nitrogen and oxygen atoms in total. The van der Waals surface area contributed by atoms with Gasteiger partial charge in [-0.05, 0) is 36.2 Å². The Labute approximate surface area is 191 Å². The van der Waals surface area contributed by atoms with Gasteiger partial charge in [-0.3, -0.25) is 4.57 Å². The van der Waals surface area contributed by atoms with E-state index < -0.39 is 21.6 Å². The number of hydrogen-bond donors (Lipinski definition) is 1. The molecule has 2 aromatic carbocycles. The zero-order valence-corrected chi connectivity index (χ0v) is 19.4. The second kappa shape index (κ2) is 9.11. The van der Waals surface area contributed by atoms with Gasteiger partial charge in [0.15, 0.2) is 17.1 Å². The number of nitrogens with zero attached hydrogens (tertiary/aromatic N) is 2. The summed E-state index contributed by atoms with van der Waals surface area (Å²) in [6, 6.07) is 15.8. The monoisotopic (exact) mass is 467 g/mol. The topological polar surface area (TPSA) is 103 Å². The fourth-order valence-corrected chi connectivity index (χ4v) is 4.86. The number of rotatable bonds is 8. The van der Waals surface area contributed by atoms with Gasteiger partial charge in [-0.25, -0.2) is 18.2 Å². The summed E-state index contributed by atoms with van der Waals surface area (Å²) in [7, 11) is -1.93. The number of ether oxygens (including phenoxy) is 2. The quantitative estimate of drug-likeness (QED) is 0.426. The predicted molar refractivity (Wildman–Crippen MR) is 128 cm³/mol. The van der Waals surface area contributed by atoms with Gasteiger partial charge in [-0.1, -0.05) is 36.4 Å². The summed E-state index contributed by atoms with van der Waals surface area (Å²) in [5.41, 5.74) is 2.80. The third-order valence-electron chi connectivity index (χ3n) is 5.34. The van der Waals surface area contributed by atoms with Crippen molar-refractivity contribution in [3.8, 4) is 22.6 Å². The lowest BCUT2D eigenvalue weighted by Crippen LogP contribution is -2.28. The van der Waals surface area contributed by atoms with Gasteiger partial charge >= 0.3 is 5.69 Å². The first kappa shape index (κ1) is 22.6. The maximum atomic E-state index is 13.2. The highest BCUT2D eigenvalue weighted by Crippen LogP contribution is 2.33. The van der Waals surface area contributed by atoms with Crippen molar-refractivity contribution in [2.45, 2.75) is 13.0 Å². The van der Waals surface area contributed by atoms with Gasteiger partial charge in [0.1, 0.15) is 9.84 Å². The molecule has 4 rings (SSSR count). The van der Waals surface area contributed by atoms with Crippen molar-refractivity contribution >= 4 is 21.0 Å². The van der Waals surface area contributed by atoms with Crippen LogP contribution in [-0.2, 0) is 9.84 Å². The van der Waals surface area contributed by atoms with Crippen molar-refractivity contribution in [1.29, 1.82) is 0 Å². The molecule has 0 spiro atoms. The molecule has 2 heterocycles. The minimum atomic E-state index is -3.46. The molecular weight excluding hydrogens is 442 g/mol. The SMILES string of the molecule is CCOc1cc([C@H](CS(C)(=O)=O)n2c(=O)[nH]c3c(-c4ccccc4)ccnc32)ccc1OC. The molecule has 0 aliphatic rings. The number of imidazole rings is 1. The Bertz CT molecular complexity index is 1440. The van der Waals surface area contributed by atoms with Crippen molar-refractivity contribution in [2.24, 2.45) is 0 Å². The Morgan fingerprint density at radius 1 is 1.09 bits per heavy atom. The number of aromatic amines is 1. The lowest BCUT2D eigenvalue weighted by atomic mass is 10.1. The number of H-pyrrole nitrogens is 1. The van der Waals surface area contributed by atoms with Crippen LogP contribution < -0.4 is 15.2 Å². The Morgan fingerprint density at radius 2 is 1.85 bits per heavy atom. The van der Waals surface area contributed by atoms with Crippen molar-refractivity contribution in [3.05, 3.63) is 76.8 Å². The summed E-state index contributed by atoms with van der Waals surface area (Å²) in [5.74, 6) is 0.714. The summed E-state index contributed by atoms with van der Waals surface area (Å²) >= 11 is 0. The van der Waals surface area contributed by atoms with Crippen LogP contribution >= 0.6 is 0 Å². The maximum Gasteiger partial charge on any atom is 0.328 e. The van der Waals surface area contributed by atoms with Gasteiger partial charge in [0.05, 0.1) is 31.0 Å². The van der Waals surface area contributed by atoms with E-state index in [1.165, 1.54) is 11.7 Å². The smallest absolute Gasteiger partial charge is 0.328 e. The molecule has 9 heteroatoms. The van der Waals surface area contributed by atoms with Crippen molar-refractivity contribution in [1.82, 2.24) is 14.5 Å². The van der Waals surface area contributed by atoms with E-state index in [1.807, 2.05) is 43.3 Å². The lowest BCUT2D eigenvalue weighted by Gasteiger charge is -2.20. The average molecular weight is 468 g/mol. The average Bonchev–Trinajstić information content (AvgIpc) is 3.13. The molecule has 0 unspecified atom stereocenters. The van der Waals surface area contributed by atoms with Crippen LogP contribution in [0.1, 0.15) is 18.5 Å². The molecule has 4 aromatic rings. The van der Waals surface area contributed by atoms with Gasteiger partial charge in [0.2, 0.25) is 0 Å². The molecule has 0 saturated carbocycles. The molecule has 0 saturated heterocycles. The van der Waals surface area contributed by atoms with Crippen LogP contribution in [0.3, 0.4) is 0 Å². The highest BCUT2D eigenvalue weighted by Gasteiger charge is 2.26.